The maximum Gasteiger partial charge on any atom is 0.257 e. The average Bonchev–Trinajstić information content (AvgIpc) is 2.68. The summed E-state index contributed by atoms with van der Waals surface area (Å²) in [6.45, 7) is 4.68. The van der Waals surface area contributed by atoms with Crippen LogP contribution in [0.2, 0.25) is 0 Å². The fourth-order valence-electron chi connectivity index (χ4n) is 3.40. The highest BCUT2D eigenvalue weighted by molar-refractivity contribution is 6.10. The number of carbonyl (C=O) groups excluding carboxylic acids is 3. The maximum absolute atomic E-state index is 12.7. The fourth-order valence-corrected chi connectivity index (χ4v) is 3.40. The van der Waals surface area contributed by atoms with Crippen LogP contribution in [0.4, 0.5) is 11.4 Å². The van der Waals surface area contributed by atoms with E-state index in [1.54, 1.807) is 36.1 Å². The molecule has 2 N–H and O–H groups in total. The van der Waals surface area contributed by atoms with Crippen molar-refractivity contribution < 1.29 is 14.4 Å². The lowest BCUT2D eigenvalue weighted by molar-refractivity contribution is -0.132. The highest BCUT2D eigenvalue weighted by atomic mass is 16.2. The van der Waals surface area contributed by atoms with Gasteiger partial charge in [-0.1, -0.05) is 24.3 Å². The van der Waals surface area contributed by atoms with Crippen molar-refractivity contribution in [2.24, 2.45) is 5.92 Å². The number of likely N-dealkylation sites (tertiary alicyclic amines) is 1. The van der Waals surface area contributed by atoms with E-state index in [-0.39, 0.29) is 23.6 Å². The molecule has 0 radical (unpaired) electrons. The Hall–Kier alpha value is -3.15. The summed E-state index contributed by atoms with van der Waals surface area (Å²) < 4.78 is 0. The fraction of sp³-hybridized carbons (Fsp3) is 0.318. The summed E-state index contributed by atoms with van der Waals surface area (Å²) in [6.07, 6.45) is 1.26. The molecule has 1 fully saturated rings. The number of nitrogens with zero attached hydrogens (tertiary/aromatic N) is 1. The van der Waals surface area contributed by atoms with Crippen LogP contribution in [0.25, 0.3) is 0 Å². The predicted octanol–water partition coefficient (Wildman–Crippen LogP) is 3.44. The lowest BCUT2D eigenvalue weighted by atomic mass is 9.95. The molecule has 3 rings (SSSR count). The molecule has 0 bridgehead atoms. The number of carbonyl (C=O) groups is 3. The number of rotatable bonds is 4. The Balaban J connectivity index is 1.67. The van der Waals surface area contributed by atoms with E-state index in [4.69, 9.17) is 0 Å². The molecule has 1 aliphatic rings. The van der Waals surface area contributed by atoms with Crippen molar-refractivity contribution in [3.05, 3.63) is 59.7 Å². The van der Waals surface area contributed by atoms with E-state index in [2.05, 4.69) is 10.6 Å². The molecule has 0 saturated carbocycles. The predicted molar refractivity (Wildman–Crippen MR) is 109 cm³/mol. The molecule has 0 aromatic heterocycles. The Kier molecular flexibility index (Phi) is 6.09. The van der Waals surface area contributed by atoms with Crippen molar-refractivity contribution in [1.82, 2.24) is 4.90 Å². The third kappa shape index (κ3) is 4.76. The Morgan fingerprint density at radius 2 is 1.68 bits per heavy atom. The first-order valence-electron chi connectivity index (χ1n) is 9.47. The summed E-state index contributed by atoms with van der Waals surface area (Å²) in [5.74, 6) is -0.507. The van der Waals surface area contributed by atoms with E-state index < -0.39 is 0 Å². The highest BCUT2D eigenvalue weighted by Gasteiger charge is 2.26. The second-order valence-corrected chi connectivity index (χ2v) is 7.14. The molecule has 1 saturated heterocycles. The maximum atomic E-state index is 12.7. The number of aryl methyl sites for hydroxylation is 1. The molecular formula is C22H25N3O3. The number of benzene rings is 2. The first-order valence-corrected chi connectivity index (χ1v) is 9.47. The van der Waals surface area contributed by atoms with Gasteiger partial charge in [0.1, 0.15) is 0 Å². The number of anilines is 2. The molecule has 2 aromatic carbocycles. The Labute approximate surface area is 164 Å². The van der Waals surface area contributed by atoms with Gasteiger partial charge in [0.2, 0.25) is 11.8 Å². The van der Waals surface area contributed by atoms with Crippen LogP contribution in [0, 0.1) is 12.8 Å². The zero-order valence-electron chi connectivity index (χ0n) is 16.2. The van der Waals surface area contributed by atoms with Crippen LogP contribution in [-0.4, -0.2) is 35.7 Å². The Morgan fingerprint density at radius 3 is 2.36 bits per heavy atom. The standard InChI is InChI=1S/C22H25N3O3/c1-15-6-5-7-18(14-15)23-22(28)19-8-3-4-9-20(19)24-21(27)17-10-12-25(13-11-17)16(2)26/h3-9,14,17H,10-13H2,1-2H3,(H,23,28)(H,24,27). The summed E-state index contributed by atoms with van der Waals surface area (Å²) in [5.41, 5.74) is 2.67. The summed E-state index contributed by atoms with van der Waals surface area (Å²) in [6, 6.07) is 14.5. The molecule has 0 unspecified atom stereocenters. The van der Waals surface area contributed by atoms with Crippen LogP contribution in [0.3, 0.4) is 0 Å². The molecule has 1 heterocycles. The second kappa shape index (κ2) is 8.69. The average molecular weight is 379 g/mol. The molecule has 6 nitrogen and oxygen atoms in total. The Bertz CT molecular complexity index is 886. The number of nitrogens with one attached hydrogen (secondary N) is 2. The van der Waals surface area contributed by atoms with Gasteiger partial charge in [-0.2, -0.15) is 0 Å². The van der Waals surface area contributed by atoms with Crippen molar-refractivity contribution >= 4 is 29.1 Å². The minimum absolute atomic E-state index is 0.0389. The molecule has 1 aliphatic heterocycles. The van der Waals surface area contributed by atoms with Crippen LogP contribution in [-0.2, 0) is 9.59 Å². The van der Waals surface area contributed by atoms with Gasteiger partial charge >= 0.3 is 0 Å². The van der Waals surface area contributed by atoms with Gasteiger partial charge in [-0.3, -0.25) is 14.4 Å². The van der Waals surface area contributed by atoms with E-state index in [1.807, 2.05) is 31.2 Å². The van der Waals surface area contributed by atoms with Crippen molar-refractivity contribution in [2.75, 3.05) is 23.7 Å². The van der Waals surface area contributed by atoms with Gasteiger partial charge in [0.25, 0.3) is 5.91 Å². The number of piperidine rings is 1. The number of para-hydroxylation sites is 1. The van der Waals surface area contributed by atoms with E-state index in [9.17, 15) is 14.4 Å². The van der Waals surface area contributed by atoms with E-state index >= 15 is 0 Å². The second-order valence-electron chi connectivity index (χ2n) is 7.14. The van der Waals surface area contributed by atoms with Gasteiger partial charge < -0.3 is 15.5 Å². The van der Waals surface area contributed by atoms with Gasteiger partial charge in [-0.25, -0.2) is 0 Å². The number of hydrogen-bond acceptors (Lipinski definition) is 3. The summed E-state index contributed by atoms with van der Waals surface area (Å²) >= 11 is 0. The van der Waals surface area contributed by atoms with E-state index in [0.29, 0.717) is 42.9 Å². The SMILES string of the molecule is CC(=O)N1CCC(C(=O)Nc2ccccc2C(=O)Nc2cccc(C)c2)CC1. The van der Waals surface area contributed by atoms with E-state index in [1.165, 1.54) is 0 Å². The molecule has 2 aromatic rings. The highest BCUT2D eigenvalue weighted by Crippen LogP contribution is 2.22. The smallest absolute Gasteiger partial charge is 0.257 e. The van der Waals surface area contributed by atoms with Gasteiger partial charge in [-0.15, -0.1) is 0 Å². The minimum Gasteiger partial charge on any atom is -0.343 e. The van der Waals surface area contributed by atoms with Crippen molar-refractivity contribution in [3.63, 3.8) is 0 Å². The number of amides is 3. The minimum atomic E-state index is -0.270. The van der Waals surface area contributed by atoms with Crippen LogP contribution < -0.4 is 10.6 Å². The van der Waals surface area contributed by atoms with Gasteiger partial charge in [0, 0.05) is 31.6 Å². The quantitative estimate of drug-likeness (QED) is 0.854. The van der Waals surface area contributed by atoms with Gasteiger partial charge in [-0.05, 0) is 49.6 Å². The third-order valence-corrected chi connectivity index (χ3v) is 5.02. The largest absolute Gasteiger partial charge is 0.343 e. The van der Waals surface area contributed by atoms with Gasteiger partial charge in [0.15, 0.2) is 0 Å². The summed E-state index contributed by atoms with van der Waals surface area (Å²) in [7, 11) is 0. The zero-order chi connectivity index (χ0) is 20.1. The van der Waals surface area contributed by atoms with Crippen LogP contribution >= 0.6 is 0 Å². The van der Waals surface area contributed by atoms with Crippen molar-refractivity contribution in [2.45, 2.75) is 26.7 Å². The molecule has 3 amide bonds. The molecule has 6 heteroatoms. The molecule has 0 spiro atoms. The molecule has 0 aliphatic carbocycles. The lowest BCUT2D eigenvalue weighted by Crippen LogP contribution is -2.40. The first kappa shape index (κ1) is 19.6. The summed E-state index contributed by atoms with van der Waals surface area (Å²) in [4.78, 5) is 38.6. The van der Waals surface area contributed by atoms with Crippen LogP contribution in [0.1, 0.15) is 35.7 Å². The van der Waals surface area contributed by atoms with Crippen LogP contribution in [0.15, 0.2) is 48.5 Å². The molecular weight excluding hydrogens is 354 g/mol. The van der Waals surface area contributed by atoms with E-state index in [0.717, 1.165) is 5.56 Å². The molecule has 146 valence electrons. The summed E-state index contributed by atoms with van der Waals surface area (Å²) in [5, 5.41) is 5.78. The Morgan fingerprint density at radius 1 is 0.964 bits per heavy atom. The lowest BCUT2D eigenvalue weighted by Gasteiger charge is -2.30. The van der Waals surface area contributed by atoms with Crippen LogP contribution in [0.5, 0.6) is 0 Å². The number of hydrogen-bond donors (Lipinski definition) is 2. The van der Waals surface area contributed by atoms with Crippen molar-refractivity contribution in [3.8, 4) is 0 Å². The first-order chi connectivity index (χ1) is 13.4. The molecule has 28 heavy (non-hydrogen) atoms. The third-order valence-electron chi connectivity index (χ3n) is 5.02. The van der Waals surface area contributed by atoms with Gasteiger partial charge in [0.05, 0.1) is 11.3 Å². The topological polar surface area (TPSA) is 78.5 Å². The molecule has 0 atom stereocenters. The monoisotopic (exact) mass is 379 g/mol. The normalized spacial score (nSPS) is 14.4. The van der Waals surface area contributed by atoms with Crippen molar-refractivity contribution in [1.29, 1.82) is 0 Å². The zero-order valence-corrected chi connectivity index (χ0v) is 16.2.